The van der Waals surface area contributed by atoms with Crippen molar-refractivity contribution in [2.45, 2.75) is 38.8 Å². The number of ether oxygens (including phenoxy) is 1. The number of aliphatic carboxylic acids is 1. The van der Waals surface area contributed by atoms with Gasteiger partial charge in [0.05, 0.1) is 5.69 Å². The van der Waals surface area contributed by atoms with Crippen molar-refractivity contribution >= 4 is 28.4 Å². The lowest BCUT2D eigenvalue weighted by atomic mass is 10.1. The predicted octanol–water partition coefficient (Wildman–Crippen LogP) is 1.92. The Morgan fingerprint density at radius 3 is 2.81 bits per heavy atom. The van der Waals surface area contributed by atoms with Gasteiger partial charge in [0.15, 0.2) is 4.96 Å². The third kappa shape index (κ3) is 4.19. The molecule has 0 radical (unpaired) electrons. The monoisotopic (exact) mass is 311 g/mol. The number of carboxylic acid groups (broad SMARTS) is 1. The summed E-state index contributed by atoms with van der Waals surface area (Å²) < 4.78 is 6.87. The van der Waals surface area contributed by atoms with E-state index in [-0.39, 0.29) is 6.42 Å². The fourth-order valence-electron chi connectivity index (χ4n) is 1.73. The molecule has 1 amide bonds. The Bertz CT molecular complexity index is 627. The predicted molar refractivity (Wildman–Crippen MR) is 77.6 cm³/mol. The Morgan fingerprint density at radius 1 is 1.52 bits per heavy atom. The Labute approximate surface area is 125 Å². The van der Waals surface area contributed by atoms with Gasteiger partial charge < -0.3 is 15.2 Å². The van der Waals surface area contributed by atoms with Crippen LogP contribution in [0.4, 0.5) is 4.79 Å². The summed E-state index contributed by atoms with van der Waals surface area (Å²) in [5.41, 5.74) is -0.0743. The third-order valence-electron chi connectivity index (χ3n) is 2.55. The molecule has 2 N–H and O–H groups in total. The minimum Gasteiger partial charge on any atom is -0.480 e. The lowest BCUT2D eigenvalue weighted by Crippen LogP contribution is -2.44. The van der Waals surface area contributed by atoms with Crippen molar-refractivity contribution in [1.29, 1.82) is 0 Å². The summed E-state index contributed by atoms with van der Waals surface area (Å²) >= 11 is 1.46. The van der Waals surface area contributed by atoms with Crippen LogP contribution in [0.2, 0.25) is 0 Å². The van der Waals surface area contributed by atoms with Crippen LogP contribution in [0.3, 0.4) is 0 Å². The zero-order valence-electron chi connectivity index (χ0n) is 12.0. The number of aromatic nitrogens is 2. The van der Waals surface area contributed by atoms with Crippen molar-refractivity contribution in [3.05, 3.63) is 23.5 Å². The van der Waals surface area contributed by atoms with Gasteiger partial charge in [-0.2, -0.15) is 0 Å². The van der Waals surface area contributed by atoms with Gasteiger partial charge in [-0.1, -0.05) is 0 Å². The number of rotatable bonds is 4. The van der Waals surface area contributed by atoms with Gasteiger partial charge in [0.2, 0.25) is 0 Å². The van der Waals surface area contributed by atoms with Gasteiger partial charge in [-0.05, 0) is 20.8 Å². The van der Waals surface area contributed by atoms with E-state index in [0.717, 1.165) is 4.96 Å². The third-order valence-corrected chi connectivity index (χ3v) is 3.32. The van der Waals surface area contributed by atoms with Crippen LogP contribution in [0.1, 0.15) is 26.5 Å². The first kappa shape index (κ1) is 15.3. The Kier molecular flexibility index (Phi) is 4.17. The standard InChI is InChI=1S/C13H17N3O4S/c1-13(2,3)20-12(19)15-9(10(17)18)6-8-7-16-4-5-21-11(16)14-8/h4-5,7,9H,6H2,1-3H3,(H,15,19)(H,17,18). The maximum atomic E-state index is 11.7. The largest absolute Gasteiger partial charge is 0.480 e. The van der Waals surface area contributed by atoms with Crippen LogP contribution in [-0.2, 0) is 16.0 Å². The quantitative estimate of drug-likeness (QED) is 0.900. The van der Waals surface area contributed by atoms with Crippen molar-refractivity contribution in [2.24, 2.45) is 0 Å². The molecule has 0 spiro atoms. The maximum Gasteiger partial charge on any atom is 0.408 e. The minimum absolute atomic E-state index is 0.100. The molecular formula is C13H17N3O4S. The number of alkyl carbamates (subject to hydrolysis) is 1. The second kappa shape index (κ2) is 5.72. The fourth-order valence-corrected chi connectivity index (χ4v) is 2.45. The molecule has 0 aliphatic carbocycles. The van der Waals surface area contributed by atoms with E-state index in [1.54, 1.807) is 27.0 Å². The van der Waals surface area contributed by atoms with Crippen LogP contribution >= 0.6 is 11.3 Å². The smallest absolute Gasteiger partial charge is 0.408 e. The second-order valence-electron chi connectivity index (χ2n) is 5.57. The van der Waals surface area contributed by atoms with E-state index in [0.29, 0.717) is 5.69 Å². The molecule has 114 valence electrons. The van der Waals surface area contributed by atoms with Gasteiger partial charge in [0, 0.05) is 24.2 Å². The maximum absolute atomic E-state index is 11.7. The zero-order valence-corrected chi connectivity index (χ0v) is 12.8. The van der Waals surface area contributed by atoms with Gasteiger partial charge >= 0.3 is 12.1 Å². The zero-order chi connectivity index (χ0) is 15.6. The number of carbonyl (C=O) groups is 2. The molecule has 0 aliphatic heterocycles. The molecule has 0 fully saturated rings. The Balaban J connectivity index is 2.04. The number of nitrogens with zero attached hydrogens (tertiary/aromatic N) is 2. The van der Waals surface area contributed by atoms with Gasteiger partial charge in [-0.15, -0.1) is 11.3 Å². The van der Waals surface area contributed by atoms with Crippen LogP contribution in [0, 0.1) is 0 Å². The first-order valence-electron chi connectivity index (χ1n) is 6.38. The van der Waals surface area contributed by atoms with E-state index in [2.05, 4.69) is 10.3 Å². The highest BCUT2D eigenvalue weighted by atomic mass is 32.1. The molecule has 21 heavy (non-hydrogen) atoms. The van der Waals surface area contributed by atoms with Crippen molar-refractivity contribution in [3.8, 4) is 0 Å². The Hall–Kier alpha value is -2.09. The van der Waals surface area contributed by atoms with Crippen LogP contribution in [0.15, 0.2) is 17.8 Å². The van der Waals surface area contributed by atoms with E-state index in [9.17, 15) is 14.7 Å². The van der Waals surface area contributed by atoms with E-state index in [4.69, 9.17) is 4.74 Å². The molecule has 0 saturated heterocycles. The topological polar surface area (TPSA) is 92.9 Å². The summed E-state index contributed by atoms with van der Waals surface area (Å²) in [4.78, 5) is 28.0. The van der Waals surface area contributed by atoms with E-state index in [1.165, 1.54) is 11.3 Å². The highest BCUT2D eigenvalue weighted by Gasteiger charge is 2.25. The van der Waals surface area contributed by atoms with Crippen molar-refractivity contribution in [3.63, 3.8) is 0 Å². The molecule has 2 aromatic heterocycles. The van der Waals surface area contributed by atoms with E-state index in [1.807, 2.05) is 16.0 Å². The Morgan fingerprint density at radius 2 is 2.24 bits per heavy atom. The molecule has 2 heterocycles. The SMILES string of the molecule is CC(C)(C)OC(=O)NC(Cc1cn2ccsc2n1)C(=O)O. The van der Waals surface area contributed by atoms with Gasteiger partial charge in [-0.3, -0.25) is 4.40 Å². The lowest BCUT2D eigenvalue weighted by Gasteiger charge is -2.21. The van der Waals surface area contributed by atoms with Gasteiger partial charge in [0.1, 0.15) is 11.6 Å². The molecule has 0 saturated carbocycles. The summed E-state index contributed by atoms with van der Waals surface area (Å²) in [6.07, 6.45) is 2.94. The number of imidazole rings is 1. The summed E-state index contributed by atoms with van der Waals surface area (Å²) in [5.74, 6) is -1.13. The van der Waals surface area contributed by atoms with Gasteiger partial charge in [-0.25, -0.2) is 14.6 Å². The summed E-state index contributed by atoms with van der Waals surface area (Å²) in [6.45, 7) is 5.14. The van der Waals surface area contributed by atoms with E-state index >= 15 is 0 Å². The van der Waals surface area contributed by atoms with Crippen LogP contribution in [-0.4, -0.2) is 38.2 Å². The molecule has 1 unspecified atom stereocenters. The number of carbonyl (C=O) groups excluding carboxylic acids is 1. The molecule has 0 bridgehead atoms. The molecule has 2 aromatic rings. The van der Waals surface area contributed by atoms with E-state index < -0.39 is 23.7 Å². The lowest BCUT2D eigenvalue weighted by molar-refractivity contribution is -0.139. The van der Waals surface area contributed by atoms with Crippen molar-refractivity contribution < 1.29 is 19.4 Å². The molecule has 8 heteroatoms. The average Bonchev–Trinajstić information content (AvgIpc) is 2.85. The number of carboxylic acids is 1. The fraction of sp³-hybridized carbons (Fsp3) is 0.462. The molecular weight excluding hydrogens is 294 g/mol. The van der Waals surface area contributed by atoms with Crippen LogP contribution in [0.5, 0.6) is 0 Å². The summed E-state index contributed by atoms with van der Waals surface area (Å²) in [6, 6.07) is -1.08. The highest BCUT2D eigenvalue weighted by Crippen LogP contribution is 2.13. The van der Waals surface area contributed by atoms with Crippen LogP contribution in [0.25, 0.3) is 4.96 Å². The summed E-state index contributed by atoms with van der Waals surface area (Å²) in [7, 11) is 0. The van der Waals surface area contributed by atoms with Gasteiger partial charge in [0.25, 0.3) is 0 Å². The number of thiazole rings is 1. The minimum atomic E-state index is -1.13. The molecule has 1 atom stereocenters. The number of hydrogen-bond donors (Lipinski definition) is 2. The average molecular weight is 311 g/mol. The number of nitrogens with one attached hydrogen (secondary N) is 1. The number of amides is 1. The number of hydrogen-bond acceptors (Lipinski definition) is 5. The first-order chi connectivity index (χ1) is 9.74. The molecule has 0 aliphatic rings. The summed E-state index contributed by atoms with van der Waals surface area (Å²) in [5, 5.41) is 13.4. The number of fused-ring (bicyclic) bond motifs is 1. The molecule has 2 rings (SSSR count). The highest BCUT2D eigenvalue weighted by molar-refractivity contribution is 7.15. The van der Waals surface area contributed by atoms with Crippen LogP contribution < -0.4 is 5.32 Å². The second-order valence-corrected chi connectivity index (χ2v) is 6.44. The normalized spacial score (nSPS) is 13.1. The molecule has 7 nitrogen and oxygen atoms in total. The van der Waals surface area contributed by atoms with Crippen molar-refractivity contribution in [2.75, 3.05) is 0 Å². The van der Waals surface area contributed by atoms with Crippen molar-refractivity contribution in [1.82, 2.24) is 14.7 Å². The first-order valence-corrected chi connectivity index (χ1v) is 7.26. The molecule has 0 aromatic carbocycles.